The van der Waals surface area contributed by atoms with Gasteiger partial charge in [0.25, 0.3) is 35.4 Å². The highest BCUT2D eigenvalue weighted by Crippen LogP contribution is 2.32. The summed E-state index contributed by atoms with van der Waals surface area (Å²) in [4.78, 5) is 100. The van der Waals surface area contributed by atoms with E-state index >= 15 is 0 Å². The second-order valence-electron chi connectivity index (χ2n) is 11.9. The van der Waals surface area contributed by atoms with E-state index in [0.29, 0.717) is 38.1 Å². The fraction of sp³-hybridized carbons (Fsp3) is 0.586. The van der Waals surface area contributed by atoms with E-state index in [0.717, 1.165) is 30.6 Å². The Hall–Kier alpha value is -4.05. The molecule has 5 aliphatic rings. The van der Waals surface area contributed by atoms with Crippen LogP contribution in [0.4, 0.5) is 0 Å². The van der Waals surface area contributed by atoms with Gasteiger partial charge in [0.1, 0.15) is 21.2 Å². The fourth-order valence-electron chi connectivity index (χ4n) is 6.14. The molecule has 16 heteroatoms. The summed E-state index contributed by atoms with van der Waals surface area (Å²) in [6.07, 6.45) is 9.60. The lowest BCUT2D eigenvalue weighted by Crippen LogP contribution is -2.40. The van der Waals surface area contributed by atoms with Crippen LogP contribution in [-0.2, 0) is 53.3 Å². The zero-order valence-electron chi connectivity index (χ0n) is 24.6. The first-order chi connectivity index (χ1) is 21.1. The molecule has 0 aromatic heterocycles. The Morgan fingerprint density at radius 1 is 0.733 bits per heavy atom. The highest BCUT2D eigenvalue weighted by Gasteiger charge is 2.46. The SMILES string of the molecule is CC(=O)C1CCC(CN2C(=O)C=CC2=O)CC1.O=C(ON1C(=O)CC(S(=O)(=O)[O-])C1=O)C1CCC(CN2C(=O)C=CC2=O)CC1. The lowest BCUT2D eigenvalue weighted by atomic mass is 9.80. The second kappa shape index (κ2) is 13.9. The molecule has 15 nitrogen and oxygen atoms in total. The maximum absolute atomic E-state index is 12.2. The summed E-state index contributed by atoms with van der Waals surface area (Å²) in [5, 5.41) is -2.02. The van der Waals surface area contributed by atoms with Crippen molar-refractivity contribution in [3.05, 3.63) is 24.3 Å². The van der Waals surface area contributed by atoms with Crippen LogP contribution in [0, 0.1) is 23.7 Å². The van der Waals surface area contributed by atoms with Crippen molar-refractivity contribution in [2.24, 2.45) is 23.7 Å². The number of Topliss-reactive ketones (excluding diaryl/α,β-unsaturated/α-hetero) is 1. The standard InChI is InChI=1S/C16H18N2O9S.C13H17NO3/c19-12-5-6-13(20)17(12)8-9-1-3-10(4-2-9)16(23)27-18-14(21)7-11(15(18)22)28(24,25)26;1-9(15)11-4-2-10(3-5-11)8-14-12(16)6-7-13(14)17/h5-6,9-11H,1-4,7-8H2,(H,24,25,26);6-7,10-11H,2-5,8H2,1H3/p-1. The van der Waals surface area contributed by atoms with Crippen LogP contribution >= 0.6 is 0 Å². The molecule has 2 saturated carbocycles. The van der Waals surface area contributed by atoms with Crippen LogP contribution in [0.1, 0.15) is 64.7 Å². The number of hydrogen-bond donors (Lipinski definition) is 0. The van der Waals surface area contributed by atoms with Crippen molar-refractivity contribution in [2.45, 2.75) is 70.0 Å². The average Bonchev–Trinajstić information content (AvgIpc) is 3.59. The first-order valence-electron chi connectivity index (χ1n) is 14.8. The van der Waals surface area contributed by atoms with E-state index in [1.165, 1.54) is 29.2 Å². The Labute approximate surface area is 259 Å². The van der Waals surface area contributed by atoms with Gasteiger partial charge in [-0.25, -0.2) is 13.2 Å². The zero-order chi connectivity index (χ0) is 33.1. The summed E-state index contributed by atoms with van der Waals surface area (Å²) in [5.74, 6) is -4.24. The van der Waals surface area contributed by atoms with Gasteiger partial charge in [0.05, 0.1) is 12.3 Å². The quantitative estimate of drug-likeness (QED) is 0.254. The first-order valence-corrected chi connectivity index (χ1v) is 16.2. The van der Waals surface area contributed by atoms with Crippen LogP contribution in [0.25, 0.3) is 0 Å². The Bertz CT molecular complexity index is 1420. The Kier molecular flexibility index (Phi) is 10.5. The van der Waals surface area contributed by atoms with E-state index in [2.05, 4.69) is 0 Å². The Morgan fingerprint density at radius 3 is 1.49 bits per heavy atom. The number of hydrogen-bond acceptors (Lipinski definition) is 12. The van der Waals surface area contributed by atoms with E-state index in [-0.39, 0.29) is 52.9 Å². The van der Waals surface area contributed by atoms with Gasteiger partial charge in [0.15, 0.2) is 0 Å². The monoisotopic (exact) mass is 648 g/mol. The highest BCUT2D eigenvalue weighted by molar-refractivity contribution is 7.87. The number of amides is 6. The second-order valence-corrected chi connectivity index (χ2v) is 13.5. The van der Waals surface area contributed by atoms with Gasteiger partial charge in [-0.3, -0.25) is 43.4 Å². The normalized spacial score (nSPS) is 28.6. The van der Waals surface area contributed by atoms with Crippen LogP contribution < -0.4 is 0 Å². The minimum atomic E-state index is -5.02. The third-order valence-corrected chi connectivity index (χ3v) is 9.94. The maximum Gasteiger partial charge on any atom is 0.336 e. The summed E-state index contributed by atoms with van der Waals surface area (Å²) in [6.45, 7) is 2.40. The number of imide groups is 3. The molecule has 3 heterocycles. The van der Waals surface area contributed by atoms with E-state index < -0.39 is 45.5 Å². The van der Waals surface area contributed by atoms with Crippen LogP contribution in [0.3, 0.4) is 0 Å². The number of rotatable bonds is 8. The molecule has 0 radical (unpaired) electrons. The molecule has 1 saturated heterocycles. The van der Waals surface area contributed by atoms with Gasteiger partial charge in [-0.05, 0) is 70.1 Å². The predicted molar refractivity (Wildman–Crippen MR) is 149 cm³/mol. The van der Waals surface area contributed by atoms with Gasteiger partial charge in [-0.2, -0.15) is 0 Å². The van der Waals surface area contributed by atoms with Gasteiger partial charge in [0.2, 0.25) is 0 Å². The molecule has 2 aliphatic carbocycles. The highest BCUT2D eigenvalue weighted by atomic mass is 32.2. The summed E-state index contributed by atoms with van der Waals surface area (Å²) < 4.78 is 33.0. The average molecular weight is 649 g/mol. The van der Waals surface area contributed by atoms with E-state index in [4.69, 9.17) is 4.84 Å². The summed E-state index contributed by atoms with van der Waals surface area (Å²) >= 11 is 0. The van der Waals surface area contributed by atoms with Crippen LogP contribution in [0.15, 0.2) is 24.3 Å². The van der Waals surface area contributed by atoms with Crippen molar-refractivity contribution in [1.29, 1.82) is 0 Å². The maximum atomic E-state index is 12.2. The molecule has 0 N–H and O–H groups in total. The smallest absolute Gasteiger partial charge is 0.336 e. The van der Waals surface area contributed by atoms with Gasteiger partial charge in [-0.15, -0.1) is 5.06 Å². The van der Waals surface area contributed by atoms with E-state index in [1.54, 1.807) is 6.92 Å². The predicted octanol–water partition coefficient (Wildman–Crippen LogP) is 0.156. The number of ketones is 1. The molecule has 3 fully saturated rings. The van der Waals surface area contributed by atoms with Crippen molar-refractivity contribution in [1.82, 2.24) is 14.9 Å². The number of carbonyl (C=O) groups is 8. The first kappa shape index (κ1) is 33.8. The topological polar surface area (TPSA) is 213 Å². The number of hydroxylamine groups is 2. The molecular weight excluding hydrogens is 614 g/mol. The van der Waals surface area contributed by atoms with Crippen LogP contribution in [-0.4, -0.2) is 93.4 Å². The molecular formula is C29H34N3O12S-. The number of nitrogens with zero attached hydrogens (tertiary/aromatic N) is 3. The van der Waals surface area contributed by atoms with Crippen molar-refractivity contribution >= 4 is 57.3 Å². The molecule has 1 unspecified atom stereocenters. The summed E-state index contributed by atoms with van der Waals surface area (Å²) in [6, 6.07) is 0. The molecule has 244 valence electrons. The van der Waals surface area contributed by atoms with Gasteiger partial charge in [-0.1, -0.05) is 0 Å². The van der Waals surface area contributed by atoms with E-state index in [9.17, 15) is 51.3 Å². The molecule has 3 aliphatic heterocycles. The fourth-order valence-corrected chi connectivity index (χ4v) is 6.83. The number of carbonyl (C=O) groups excluding carboxylic acids is 8. The minimum absolute atomic E-state index is 0.0156. The van der Waals surface area contributed by atoms with Gasteiger partial charge in [0, 0.05) is 43.3 Å². The molecule has 5 rings (SSSR count). The lowest BCUT2D eigenvalue weighted by Gasteiger charge is -2.29. The van der Waals surface area contributed by atoms with Crippen molar-refractivity contribution in [2.75, 3.05) is 13.1 Å². The molecule has 0 aromatic carbocycles. The molecule has 1 atom stereocenters. The van der Waals surface area contributed by atoms with Crippen LogP contribution in [0.2, 0.25) is 0 Å². The molecule has 0 spiro atoms. The molecule has 0 bridgehead atoms. The largest absolute Gasteiger partial charge is 0.747 e. The molecule has 45 heavy (non-hydrogen) atoms. The Balaban J connectivity index is 0.000000231. The lowest BCUT2D eigenvalue weighted by molar-refractivity contribution is -0.201. The molecule has 0 aromatic rings. The van der Waals surface area contributed by atoms with Crippen molar-refractivity contribution < 1.29 is 56.2 Å². The third kappa shape index (κ3) is 8.16. The Morgan fingerprint density at radius 2 is 1.13 bits per heavy atom. The van der Waals surface area contributed by atoms with Gasteiger partial charge < -0.3 is 9.39 Å². The van der Waals surface area contributed by atoms with Crippen molar-refractivity contribution in [3.63, 3.8) is 0 Å². The van der Waals surface area contributed by atoms with Crippen LogP contribution in [0.5, 0.6) is 0 Å². The van der Waals surface area contributed by atoms with Gasteiger partial charge >= 0.3 is 5.97 Å². The third-order valence-electron chi connectivity index (χ3n) is 8.88. The minimum Gasteiger partial charge on any atom is -0.747 e. The van der Waals surface area contributed by atoms with Crippen molar-refractivity contribution in [3.8, 4) is 0 Å². The zero-order valence-corrected chi connectivity index (χ0v) is 25.4. The molecule has 6 amide bonds. The summed E-state index contributed by atoms with van der Waals surface area (Å²) in [7, 11) is -5.02. The summed E-state index contributed by atoms with van der Waals surface area (Å²) in [5.41, 5.74) is 0. The van der Waals surface area contributed by atoms with E-state index in [1.807, 2.05) is 0 Å².